The zero-order chi connectivity index (χ0) is 19.5. The van der Waals surface area contributed by atoms with Crippen molar-refractivity contribution < 1.29 is 9.53 Å². The maximum Gasteiger partial charge on any atom is 0.238 e. The Morgan fingerprint density at radius 2 is 1.93 bits per heavy atom. The van der Waals surface area contributed by atoms with Crippen LogP contribution in [-0.4, -0.2) is 52.5 Å². The van der Waals surface area contributed by atoms with Crippen LogP contribution in [0, 0.1) is 6.92 Å². The van der Waals surface area contributed by atoms with E-state index in [-0.39, 0.29) is 5.91 Å². The normalized spacial score (nSPS) is 15.6. The van der Waals surface area contributed by atoms with E-state index in [0.717, 1.165) is 48.4 Å². The van der Waals surface area contributed by atoms with Gasteiger partial charge in [0.2, 0.25) is 5.91 Å². The van der Waals surface area contributed by atoms with E-state index in [9.17, 15) is 4.79 Å². The smallest absolute Gasteiger partial charge is 0.238 e. The molecule has 2 heterocycles. The molecular formula is C21H25N5O2. The first-order valence-electron chi connectivity index (χ1n) is 9.60. The monoisotopic (exact) mass is 379 g/mol. The molecule has 0 atom stereocenters. The highest BCUT2D eigenvalue weighted by Crippen LogP contribution is 2.25. The number of nitrogens with one attached hydrogen (secondary N) is 1. The number of methoxy groups -OCH3 is 1. The third-order valence-electron chi connectivity index (χ3n) is 5.27. The Bertz CT molecular complexity index is 959. The average molecular weight is 379 g/mol. The van der Waals surface area contributed by atoms with Crippen LogP contribution < -0.4 is 10.1 Å². The second-order valence-corrected chi connectivity index (χ2v) is 7.31. The van der Waals surface area contributed by atoms with Crippen molar-refractivity contribution >= 4 is 22.6 Å². The third-order valence-corrected chi connectivity index (χ3v) is 5.27. The fourth-order valence-electron chi connectivity index (χ4n) is 3.72. The highest BCUT2D eigenvalue weighted by atomic mass is 16.5. The Morgan fingerprint density at radius 1 is 1.18 bits per heavy atom. The summed E-state index contributed by atoms with van der Waals surface area (Å²) in [5, 5.41) is 11.6. The van der Waals surface area contributed by atoms with Crippen LogP contribution in [0.3, 0.4) is 0 Å². The highest BCUT2D eigenvalue weighted by molar-refractivity contribution is 5.92. The molecule has 1 saturated heterocycles. The summed E-state index contributed by atoms with van der Waals surface area (Å²) >= 11 is 0. The van der Waals surface area contributed by atoms with Gasteiger partial charge in [0.15, 0.2) is 0 Å². The van der Waals surface area contributed by atoms with Crippen molar-refractivity contribution in [1.82, 2.24) is 19.9 Å². The number of ether oxygens (including phenoxy) is 1. The molecule has 7 nitrogen and oxygen atoms in total. The maximum atomic E-state index is 12.3. The zero-order valence-corrected chi connectivity index (χ0v) is 16.3. The Balaban J connectivity index is 1.31. The van der Waals surface area contributed by atoms with E-state index < -0.39 is 0 Å². The number of hydrogen-bond acceptors (Lipinski definition) is 5. The van der Waals surface area contributed by atoms with E-state index in [1.54, 1.807) is 7.11 Å². The summed E-state index contributed by atoms with van der Waals surface area (Å²) in [6.07, 6.45) is 1.92. The minimum atomic E-state index is 0.00491. The Labute approximate surface area is 164 Å². The van der Waals surface area contributed by atoms with E-state index in [0.29, 0.717) is 12.6 Å². The van der Waals surface area contributed by atoms with Gasteiger partial charge in [-0.3, -0.25) is 9.69 Å². The second-order valence-electron chi connectivity index (χ2n) is 7.31. The quantitative estimate of drug-likeness (QED) is 0.738. The molecule has 0 spiro atoms. The fourth-order valence-corrected chi connectivity index (χ4v) is 3.72. The first-order valence-corrected chi connectivity index (χ1v) is 9.60. The van der Waals surface area contributed by atoms with Crippen LogP contribution >= 0.6 is 0 Å². The summed E-state index contributed by atoms with van der Waals surface area (Å²) in [5.41, 5.74) is 4.00. The molecule has 0 bridgehead atoms. The molecule has 1 aromatic heterocycles. The number of fused-ring (bicyclic) bond motifs is 1. The van der Waals surface area contributed by atoms with Gasteiger partial charge in [0.25, 0.3) is 0 Å². The average Bonchev–Trinajstić information content (AvgIpc) is 3.12. The summed E-state index contributed by atoms with van der Waals surface area (Å²) in [6.45, 7) is 4.20. The number of aryl methyl sites for hydroxylation is 1. The van der Waals surface area contributed by atoms with Crippen molar-refractivity contribution in [2.45, 2.75) is 25.8 Å². The largest absolute Gasteiger partial charge is 0.497 e. The van der Waals surface area contributed by atoms with E-state index in [2.05, 4.69) is 45.7 Å². The SMILES string of the molecule is COc1ccc(NC(=O)CN2CCC(n3nnc4cc(C)ccc43)CC2)cc1. The molecule has 3 aromatic rings. The fraction of sp³-hybridized carbons (Fsp3) is 0.381. The van der Waals surface area contributed by atoms with Crippen molar-refractivity contribution in [2.24, 2.45) is 0 Å². The number of benzene rings is 2. The number of piperidine rings is 1. The summed E-state index contributed by atoms with van der Waals surface area (Å²) in [4.78, 5) is 14.5. The molecule has 0 saturated carbocycles. The Kier molecular flexibility index (Phi) is 5.25. The molecule has 0 aliphatic carbocycles. The molecule has 0 radical (unpaired) electrons. The number of likely N-dealkylation sites (tertiary alicyclic amines) is 1. The van der Waals surface area contributed by atoms with Crippen LogP contribution in [0.5, 0.6) is 5.75 Å². The number of rotatable bonds is 5. The predicted octanol–water partition coefficient (Wildman–Crippen LogP) is 3.02. The van der Waals surface area contributed by atoms with Crippen molar-refractivity contribution in [2.75, 3.05) is 32.1 Å². The van der Waals surface area contributed by atoms with Crippen molar-refractivity contribution in [3.05, 3.63) is 48.0 Å². The first kappa shape index (κ1) is 18.4. The first-order chi connectivity index (χ1) is 13.6. The molecule has 1 aliphatic heterocycles. The lowest BCUT2D eigenvalue weighted by Gasteiger charge is -2.31. The van der Waals surface area contributed by atoms with E-state index in [1.165, 1.54) is 5.56 Å². The molecule has 1 amide bonds. The van der Waals surface area contributed by atoms with Gasteiger partial charge in [-0.15, -0.1) is 5.10 Å². The standard InChI is InChI=1S/C21H25N5O2/c1-15-3-8-20-19(13-15)23-24-26(20)17-9-11-25(12-10-17)14-21(27)22-16-4-6-18(28-2)7-5-16/h3-8,13,17H,9-12,14H2,1-2H3,(H,22,27). The summed E-state index contributed by atoms with van der Waals surface area (Å²) in [6, 6.07) is 14.0. The van der Waals surface area contributed by atoms with Crippen LogP contribution in [0.2, 0.25) is 0 Å². The van der Waals surface area contributed by atoms with Gasteiger partial charge in [-0.2, -0.15) is 0 Å². The number of carbonyl (C=O) groups is 1. The number of hydrogen-bond donors (Lipinski definition) is 1. The molecule has 146 valence electrons. The van der Waals surface area contributed by atoms with Crippen LogP contribution in [0.4, 0.5) is 5.69 Å². The topological polar surface area (TPSA) is 72.3 Å². The summed E-state index contributed by atoms with van der Waals surface area (Å²) in [5.74, 6) is 0.779. The van der Waals surface area contributed by atoms with Gasteiger partial charge in [-0.25, -0.2) is 4.68 Å². The molecule has 1 fully saturated rings. The molecule has 1 N–H and O–H groups in total. The third kappa shape index (κ3) is 3.99. The number of carbonyl (C=O) groups excluding carboxylic acids is 1. The van der Waals surface area contributed by atoms with Gasteiger partial charge in [0.05, 0.1) is 25.2 Å². The van der Waals surface area contributed by atoms with Gasteiger partial charge < -0.3 is 10.1 Å². The Morgan fingerprint density at radius 3 is 2.64 bits per heavy atom. The van der Waals surface area contributed by atoms with Crippen LogP contribution in [0.25, 0.3) is 11.0 Å². The van der Waals surface area contributed by atoms with Crippen LogP contribution in [0.15, 0.2) is 42.5 Å². The second kappa shape index (κ2) is 7.98. The number of amides is 1. The lowest BCUT2D eigenvalue weighted by molar-refractivity contribution is -0.117. The number of nitrogens with zero attached hydrogens (tertiary/aromatic N) is 4. The highest BCUT2D eigenvalue weighted by Gasteiger charge is 2.24. The molecule has 1 aliphatic rings. The predicted molar refractivity (Wildman–Crippen MR) is 109 cm³/mol. The van der Waals surface area contributed by atoms with Crippen LogP contribution in [0.1, 0.15) is 24.4 Å². The lowest BCUT2D eigenvalue weighted by atomic mass is 10.0. The minimum absolute atomic E-state index is 0.00491. The van der Waals surface area contributed by atoms with Crippen molar-refractivity contribution in [3.63, 3.8) is 0 Å². The zero-order valence-electron chi connectivity index (χ0n) is 16.3. The molecule has 0 unspecified atom stereocenters. The number of aromatic nitrogens is 3. The van der Waals surface area contributed by atoms with Gasteiger partial charge in [-0.05, 0) is 61.7 Å². The van der Waals surface area contributed by atoms with Crippen molar-refractivity contribution in [1.29, 1.82) is 0 Å². The van der Waals surface area contributed by atoms with Gasteiger partial charge in [-0.1, -0.05) is 11.3 Å². The van der Waals surface area contributed by atoms with E-state index in [1.807, 2.05) is 28.9 Å². The molecule has 4 rings (SSSR count). The molecular weight excluding hydrogens is 354 g/mol. The van der Waals surface area contributed by atoms with Gasteiger partial charge in [0.1, 0.15) is 11.3 Å². The minimum Gasteiger partial charge on any atom is -0.497 e. The van der Waals surface area contributed by atoms with Crippen LogP contribution in [-0.2, 0) is 4.79 Å². The summed E-state index contributed by atoms with van der Waals surface area (Å²) in [7, 11) is 1.63. The molecule has 28 heavy (non-hydrogen) atoms. The van der Waals surface area contributed by atoms with E-state index in [4.69, 9.17) is 4.74 Å². The van der Waals surface area contributed by atoms with Gasteiger partial charge in [0, 0.05) is 18.8 Å². The molecule has 7 heteroatoms. The Hall–Kier alpha value is -2.93. The lowest BCUT2D eigenvalue weighted by Crippen LogP contribution is -2.39. The van der Waals surface area contributed by atoms with Gasteiger partial charge >= 0.3 is 0 Å². The summed E-state index contributed by atoms with van der Waals surface area (Å²) < 4.78 is 7.18. The van der Waals surface area contributed by atoms with E-state index >= 15 is 0 Å². The number of anilines is 1. The maximum absolute atomic E-state index is 12.3. The molecule has 2 aromatic carbocycles. The van der Waals surface area contributed by atoms with Crippen molar-refractivity contribution in [3.8, 4) is 5.75 Å².